The molecule has 6 nitrogen and oxygen atoms in total. The molecule has 2 heterocycles. The fourth-order valence-corrected chi connectivity index (χ4v) is 5.29. The van der Waals surface area contributed by atoms with E-state index in [1.165, 1.54) is 0 Å². The molecule has 0 aliphatic carbocycles. The maximum absolute atomic E-state index is 13.7. The van der Waals surface area contributed by atoms with Crippen LogP contribution in [0.1, 0.15) is 43.8 Å². The zero-order valence-corrected chi connectivity index (χ0v) is 22.3. The number of ketones is 1. The van der Waals surface area contributed by atoms with Gasteiger partial charge in [-0.2, -0.15) is 0 Å². The molecule has 37 heavy (non-hydrogen) atoms. The van der Waals surface area contributed by atoms with E-state index in [0.29, 0.717) is 28.4 Å². The predicted octanol–water partition coefficient (Wildman–Crippen LogP) is 6.50. The number of imidazole rings is 1. The first kappa shape index (κ1) is 26.3. The zero-order valence-electron chi connectivity index (χ0n) is 20.6. The Morgan fingerprint density at radius 3 is 2.24 bits per heavy atom. The van der Waals surface area contributed by atoms with Crippen LogP contribution in [0.5, 0.6) is 0 Å². The Balaban J connectivity index is 0.00000320. The molecule has 0 bridgehead atoms. The lowest BCUT2D eigenvalue weighted by Crippen LogP contribution is -2.32. The van der Waals surface area contributed by atoms with Crippen molar-refractivity contribution in [3.63, 3.8) is 0 Å². The van der Waals surface area contributed by atoms with E-state index in [-0.39, 0.29) is 24.1 Å². The van der Waals surface area contributed by atoms with Crippen molar-refractivity contribution in [2.24, 2.45) is 0 Å². The number of fused-ring (bicyclic) bond motifs is 1. The van der Waals surface area contributed by atoms with Crippen LogP contribution >= 0.6 is 23.7 Å². The number of carbonyl (C=O) groups excluding carboxylic acids is 2. The topological polar surface area (TPSA) is 68.1 Å². The highest BCUT2D eigenvalue weighted by molar-refractivity contribution is 7.22. The highest BCUT2D eigenvalue weighted by Crippen LogP contribution is 2.34. The van der Waals surface area contributed by atoms with Gasteiger partial charge in [-0.05, 0) is 43.5 Å². The smallest absolute Gasteiger partial charge is 0.260 e. The van der Waals surface area contributed by atoms with Gasteiger partial charge in [-0.15, -0.1) is 12.4 Å². The van der Waals surface area contributed by atoms with Gasteiger partial charge in [0.05, 0.1) is 16.5 Å². The first-order valence-corrected chi connectivity index (χ1v) is 12.7. The third-order valence-electron chi connectivity index (χ3n) is 6.19. The molecular weight excluding hydrogens is 504 g/mol. The molecule has 0 N–H and O–H groups in total. The largest absolute Gasteiger partial charge is 0.337 e. The Morgan fingerprint density at radius 1 is 0.892 bits per heavy atom. The van der Waals surface area contributed by atoms with Gasteiger partial charge in [-0.3, -0.25) is 14.5 Å². The minimum Gasteiger partial charge on any atom is -0.337 e. The van der Waals surface area contributed by atoms with Gasteiger partial charge < -0.3 is 4.57 Å². The molecule has 0 atom stereocenters. The summed E-state index contributed by atoms with van der Waals surface area (Å²) in [4.78, 5) is 37.2. The van der Waals surface area contributed by atoms with Crippen molar-refractivity contribution in [3.8, 4) is 0 Å². The van der Waals surface area contributed by atoms with Crippen LogP contribution in [0.2, 0.25) is 0 Å². The van der Waals surface area contributed by atoms with E-state index < -0.39 is 0 Å². The average molecular weight is 531 g/mol. The molecular formula is C29H27ClN4O2S. The molecule has 0 saturated carbocycles. The third kappa shape index (κ3) is 5.63. The molecule has 0 spiro atoms. The van der Waals surface area contributed by atoms with E-state index in [2.05, 4.69) is 24.0 Å². The van der Waals surface area contributed by atoms with E-state index in [9.17, 15) is 9.59 Å². The number of thiazole rings is 1. The molecule has 0 fully saturated rings. The number of anilines is 1. The lowest BCUT2D eigenvalue weighted by molar-refractivity contribution is 0.0984. The number of hydrogen-bond donors (Lipinski definition) is 0. The van der Waals surface area contributed by atoms with Crippen LogP contribution < -0.4 is 4.90 Å². The lowest BCUT2D eigenvalue weighted by atomic mass is 10.0. The first-order valence-electron chi connectivity index (χ1n) is 11.9. The van der Waals surface area contributed by atoms with Crippen molar-refractivity contribution in [3.05, 3.63) is 113 Å². The van der Waals surface area contributed by atoms with E-state index in [0.717, 1.165) is 34.3 Å². The number of halogens is 1. The summed E-state index contributed by atoms with van der Waals surface area (Å²) in [5, 5.41) is 0.683. The maximum Gasteiger partial charge on any atom is 0.260 e. The highest BCUT2D eigenvalue weighted by Gasteiger charge is 2.22. The van der Waals surface area contributed by atoms with Crippen LogP contribution in [0.25, 0.3) is 10.2 Å². The third-order valence-corrected chi connectivity index (χ3v) is 7.41. The van der Waals surface area contributed by atoms with Crippen molar-refractivity contribution in [1.29, 1.82) is 0 Å². The van der Waals surface area contributed by atoms with Gasteiger partial charge in [0, 0.05) is 42.2 Å². The second-order valence-corrected chi connectivity index (χ2v) is 9.73. The van der Waals surface area contributed by atoms with Crippen LogP contribution in [0.4, 0.5) is 5.13 Å². The Hall–Kier alpha value is -3.81. The standard InChI is InChI=1S/C29H26N4O2S.ClH/c1-20-9-10-21(2)27-25(20)31-29(36-27)33(17-6-16-32-18-15-30-19-32)28(35)24-13-11-23(12-14-24)26(34)22-7-4-3-5-8-22;/h3-5,7-15,18-19H,6,16-17H2,1-2H3;1H. The second-order valence-electron chi connectivity index (χ2n) is 8.76. The van der Waals surface area contributed by atoms with Crippen molar-refractivity contribution in [2.75, 3.05) is 11.4 Å². The van der Waals surface area contributed by atoms with E-state index >= 15 is 0 Å². The number of amides is 1. The van der Waals surface area contributed by atoms with Crippen molar-refractivity contribution < 1.29 is 9.59 Å². The van der Waals surface area contributed by atoms with Crippen molar-refractivity contribution >= 4 is 50.8 Å². The van der Waals surface area contributed by atoms with Gasteiger partial charge in [0.15, 0.2) is 10.9 Å². The fraction of sp³-hybridized carbons (Fsp3) is 0.172. The monoisotopic (exact) mass is 530 g/mol. The summed E-state index contributed by atoms with van der Waals surface area (Å²) in [6.07, 6.45) is 6.19. The van der Waals surface area contributed by atoms with Crippen LogP contribution in [-0.2, 0) is 6.54 Å². The zero-order chi connectivity index (χ0) is 25.1. The molecule has 0 radical (unpaired) electrons. The quantitative estimate of drug-likeness (QED) is 0.215. The highest BCUT2D eigenvalue weighted by atomic mass is 35.5. The summed E-state index contributed by atoms with van der Waals surface area (Å²) < 4.78 is 3.10. The van der Waals surface area contributed by atoms with Crippen LogP contribution in [0, 0.1) is 13.8 Å². The number of hydrogen-bond acceptors (Lipinski definition) is 5. The van der Waals surface area contributed by atoms with E-state index in [4.69, 9.17) is 4.98 Å². The predicted molar refractivity (Wildman–Crippen MR) is 151 cm³/mol. The van der Waals surface area contributed by atoms with Crippen LogP contribution in [-0.4, -0.2) is 32.8 Å². The molecule has 188 valence electrons. The molecule has 0 aliphatic heterocycles. The van der Waals surface area contributed by atoms with Gasteiger partial charge >= 0.3 is 0 Å². The Bertz CT molecular complexity index is 1470. The fourth-order valence-electron chi connectivity index (χ4n) is 4.15. The summed E-state index contributed by atoms with van der Waals surface area (Å²) in [5.41, 5.74) is 4.87. The molecule has 0 unspecified atom stereocenters. The first-order chi connectivity index (χ1) is 17.5. The van der Waals surface area contributed by atoms with Crippen LogP contribution in [0.3, 0.4) is 0 Å². The average Bonchev–Trinajstić information content (AvgIpc) is 3.60. The number of aromatic nitrogens is 3. The van der Waals surface area contributed by atoms with Gasteiger partial charge in [0.25, 0.3) is 5.91 Å². The summed E-state index contributed by atoms with van der Waals surface area (Å²) in [6.45, 7) is 5.37. The molecule has 5 rings (SSSR count). The number of nitrogens with zero attached hydrogens (tertiary/aromatic N) is 4. The lowest BCUT2D eigenvalue weighted by Gasteiger charge is -2.20. The molecule has 3 aromatic carbocycles. The number of benzene rings is 3. The number of rotatable bonds is 8. The molecule has 8 heteroatoms. The summed E-state index contributed by atoms with van der Waals surface area (Å²) >= 11 is 1.54. The number of aryl methyl sites for hydroxylation is 3. The van der Waals surface area contributed by atoms with Crippen molar-refractivity contribution in [1.82, 2.24) is 14.5 Å². The summed E-state index contributed by atoms with van der Waals surface area (Å²) in [6, 6.07) is 20.2. The van der Waals surface area contributed by atoms with E-state index in [1.807, 2.05) is 35.9 Å². The summed E-state index contributed by atoms with van der Waals surface area (Å²) in [5.74, 6) is -0.197. The Morgan fingerprint density at radius 2 is 1.57 bits per heavy atom. The normalized spacial score (nSPS) is 10.8. The summed E-state index contributed by atoms with van der Waals surface area (Å²) in [7, 11) is 0. The Kier molecular flexibility index (Phi) is 8.16. The van der Waals surface area contributed by atoms with Gasteiger partial charge in [-0.25, -0.2) is 9.97 Å². The minimum atomic E-state index is -0.131. The van der Waals surface area contributed by atoms with Crippen molar-refractivity contribution in [2.45, 2.75) is 26.8 Å². The SMILES string of the molecule is Cc1ccc(C)c2sc(N(CCCn3ccnc3)C(=O)c3ccc(C(=O)c4ccccc4)cc3)nc12.Cl. The molecule has 1 amide bonds. The molecule has 2 aromatic heterocycles. The van der Waals surface area contributed by atoms with Gasteiger partial charge in [0.1, 0.15) is 0 Å². The van der Waals surface area contributed by atoms with Gasteiger partial charge in [-0.1, -0.05) is 65.9 Å². The Labute approximate surface area is 226 Å². The molecule has 5 aromatic rings. The maximum atomic E-state index is 13.7. The molecule has 0 aliphatic rings. The van der Waals surface area contributed by atoms with Crippen LogP contribution in [0.15, 0.2) is 85.5 Å². The van der Waals surface area contributed by atoms with E-state index in [1.54, 1.807) is 65.2 Å². The second kappa shape index (κ2) is 11.5. The minimum absolute atomic E-state index is 0. The van der Waals surface area contributed by atoms with Gasteiger partial charge in [0.2, 0.25) is 0 Å². The molecule has 0 saturated heterocycles. The number of carbonyl (C=O) groups is 2.